The fourth-order valence-corrected chi connectivity index (χ4v) is 4.14. The highest BCUT2D eigenvalue weighted by Gasteiger charge is 2.24. The van der Waals surface area contributed by atoms with E-state index in [1.165, 1.54) is 18.2 Å². The van der Waals surface area contributed by atoms with Gasteiger partial charge in [-0.25, -0.2) is 17.6 Å². The molecule has 0 unspecified atom stereocenters. The predicted molar refractivity (Wildman–Crippen MR) is 121 cm³/mol. The van der Waals surface area contributed by atoms with Crippen LogP contribution in [0.3, 0.4) is 0 Å². The van der Waals surface area contributed by atoms with Crippen molar-refractivity contribution in [2.45, 2.75) is 31.6 Å². The molecular formula is C24H30FNO5S. The first kappa shape index (κ1) is 24.0. The minimum atomic E-state index is -3.27. The van der Waals surface area contributed by atoms with E-state index in [4.69, 9.17) is 9.47 Å². The van der Waals surface area contributed by atoms with Crippen molar-refractivity contribution in [3.8, 4) is 16.9 Å². The van der Waals surface area contributed by atoms with Gasteiger partial charge in [-0.15, -0.1) is 0 Å². The van der Waals surface area contributed by atoms with Crippen LogP contribution in [0.25, 0.3) is 11.1 Å². The number of carbonyl (C=O) groups excluding carboxylic acids is 1. The molecule has 2 aromatic carbocycles. The van der Waals surface area contributed by atoms with Crippen molar-refractivity contribution in [3.63, 3.8) is 0 Å². The fourth-order valence-electron chi connectivity index (χ4n) is 3.51. The number of piperidine rings is 1. The highest BCUT2D eigenvalue weighted by atomic mass is 32.2. The molecule has 1 aliphatic rings. The molecule has 1 amide bonds. The molecule has 0 spiro atoms. The molecule has 32 heavy (non-hydrogen) atoms. The van der Waals surface area contributed by atoms with E-state index in [0.29, 0.717) is 37.8 Å². The Morgan fingerprint density at radius 3 is 2.28 bits per heavy atom. The van der Waals surface area contributed by atoms with Crippen molar-refractivity contribution >= 4 is 15.9 Å². The zero-order chi connectivity index (χ0) is 23.3. The molecule has 0 N–H and O–H groups in total. The lowest BCUT2D eigenvalue weighted by molar-refractivity contribution is 0.0730. The SMILES string of the molecule is CC(C)COC(=O)N1CCC(COc2ccc(-c3ccc(S(C)(=O)=O)cc3)cc2F)CC1. The van der Waals surface area contributed by atoms with E-state index in [1.54, 1.807) is 29.2 Å². The summed E-state index contributed by atoms with van der Waals surface area (Å²) >= 11 is 0. The van der Waals surface area contributed by atoms with Crippen LogP contribution in [-0.2, 0) is 14.6 Å². The van der Waals surface area contributed by atoms with E-state index < -0.39 is 15.7 Å². The normalized spacial score (nSPS) is 15.1. The molecule has 1 fully saturated rings. The van der Waals surface area contributed by atoms with Crippen LogP contribution >= 0.6 is 0 Å². The van der Waals surface area contributed by atoms with Crippen LogP contribution in [0.2, 0.25) is 0 Å². The van der Waals surface area contributed by atoms with Gasteiger partial charge in [-0.1, -0.05) is 32.0 Å². The number of hydrogen-bond acceptors (Lipinski definition) is 5. The number of halogens is 1. The quantitative estimate of drug-likeness (QED) is 0.591. The molecular weight excluding hydrogens is 433 g/mol. The molecule has 0 atom stereocenters. The molecule has 0 radical (unpaired) electrons. The Labute approximate surface area is 189 Å². The van der Waals surface area contributed by atoms with Crippen molar-refractivity contribution < 1.29 is 27.1 Å². The second-order valence-corrected chi connectivity index (χ2v) is 10.7. The van der Waals surface area contributed by atoms with Crippen LogP contribution in [-0.4, -0.2) is 52.0 Å². The van der Waals surface area contributed by atoms with Crippen molar-refractivity contribution in [1.82, 2.24) is 4.90 Å². The Morgan fingerprint density at radius 2 is 1.72 bits per heavy atom. The van der Waals surface area contributed by atoms with E-state index >= 15 is 0 Å². The fraction of sp³-hybridized carbons (Fsp3) is 0.458. The zero-order valence-electron chi connectivity index (χ0n) is 18.7. The summed E-state index contributed by atoms with van der Waals surface area (Å²) in [5.74, 6) is 0.259. The number of rotatable bonds is 7. The van der Waals surface area contributed by atoms with E-state index in [2.05, 4.69) is 0 Å². The van der Waals surface area contributed by atoms with Crippen molar-refractivity contribution in [3.05, 3.63) is 48.3 Å². The summed E-state index contributed by atoms with van der Waals surface area (Å²) in [6.07, 6.45) is 2.44. The van der Waals surface area contributed by atoms with Crippen LogP contribution in [0.5, 0.6) is 5.75 Å². The van der Waals surface area contributed by atoms with Crippen molar-refractivity contribution in [2.24, 2.45) is 11.8 Å². The largest absolute Gasteiger partial charge is 0.490 e. The van der Waals surface area contributed by atoms with Gasteiger partial charge in [0.1, 0.15) is 0 Å². The maximum atomic E-state index is 14.6. The molecule has 0 aliphatic carbocycles. The van der Waals surface area contributed by atoms with Gasteiger partial charge in [-0.3, -0.25) is 0 Å². The first-order chi connectivity index (χ1) is 15.1. The maximum Gasteiger partial charge on any atom is 0.409 e. The lowest BCUT2D eigenvalue weighted by Crippen LogP contribution is -2.40. The first-order valence-corrected chi connectivity index (χ1v) is 12.7. The van der Waals surface area contributed by atoms with Crippen molar-refractivity contribution in [2.75, 3.05) is 32.6 Å². The minimum Gasteiger partial charge on any atom is -0.490 e. The number of amides is 1. The molecule has 0 aromatic heterocycles. The van der Waals surface area contributed by atoms with Gasteiger partial charge in [0.2, 0.25) is 0 Å². The van der Waals surface area contributed by atoms with Crippen LogP contribution in [0.1, 0.15) is 26.7 Å². The maximum absolute atomic E-state index is 14.6. The van der Waals surface area contributed by atoms with Crippen LogP contribution in [0.4, 0.5) is 9.18 Å². The average molecular weight is 464 g/mol. The van der Waals surface area contributed by atoms with E-state index in [9.17, 15) is 17.6 Å². The van der Waals surface area contributed by atoms with Crippen LogP contribution in [0.15, 0.2) is 47.4 Å². The number of likely N-dealkylation sites (tertiary alicyclic amines) is 1. The third-order valence-electron chi connectivity index (χ3n) is 5.44. The smallest absolute Gasteiger partial charge is 0.409 e. The summed E-state index contributed by atoms with van der Waals surface area (Å²) in [5, 5.41) is 0. The number of benzene rings is 2. The number of hydrogen-bond donors (Lipinski definition) is 0. The zero-order valence-corrected chi connectivity index (χ0v) is 19.5. The summed E-state index contributed by atoms with van der Waals surface area (Å²) in [6.45, 7) is 6.01. The average Bonchev–Trinajstić information content (AvgIpc) is 2.76. The summed E-state index contributed by atoms with van der Waals surface area (Å²) in [5.41, 5.74) is 1.36. The number of nitrogens with zero attached hydrogens (tertiary/aromatic N) is 1. The van der Waals surface area contributed by atoms with Crippen molar-refractivity contribution in [1.29, 1.82) is 0 Å². The van der Waals surface area contributed by atoms with Gasteiger partial charge >= 0.3 is 6.09 Å². The molecule has 6 nitrogen and oxygen atoms in total. The first-order valence-electron chi connectivity index (χ1n) is 10.8. The third-order valence-corrected chi connectivity index (χ3v) is 6.56. The molecule has 1 aliphatic heterocycles. The van der Waals surface area contributed by atoms with Gasteiger partial charge in [-0.05, 0) is 60.1 Å². The molecule has 3 rings (SSSR count). The summed E-state index contributed by atoms with van der Waals surface area (Å²) < 4.78 is 48.7. The second-order valence-electron chi connectivity index (χ2n) is 8.65. The van der Waals surface area contributed by atoms with Gasteiger partial charge in [0.05, 0.1) is 18.1 Å². The Balaban J connectivity index is 1.52. The topological polar surface area (TPSA) is 72.9 Å². The monoisotopic (exact) mass is 463 g/mol. The summed E-state index contributed by atoms with van der Waals surface area (Å²) in [4.78, 5) is 14.0. The molecule has 0 saturated carbocycles. The van der Waals surface area contributed by atoms with Gasteiger partial charge < -0.3 is 14.4 Å². The summed E-state index contributed by atoms with van der Waals surface area (Å²) in [6, 6.07) is 11.1. The lowest BCUT2D eigenvalue weighted by Gasteiger charge is -2.31. The molecule has 2 aromatic rings. The summed E-state index contributed by atoms with van der Waals surface area (Å²) in [7, 11) is -3.27. The third kappa shape index (κ3) is 6.45. The van der Waals surface area contributed by atoms with Gasteiger partial charge in [0.15, 0.2) is 21.4 Å². The van der Waals surface area contributed by atoms with E-state index in [0.717, 1.165) is 24.7 Å². The Bertz CT molecular complexity index is 1030. The van der Waals surface area contributed by atoms with Crippen LogP contribution in [0, 0.1) is 17.7 Å². The highest BCUT2D eigenvalue weighted by Crippen LogP contribution is 2.28. The Hall–Kier alpha value is -2.61. The predicted octanol–water partition coefficient (Wildman–Crippen LogP) is 4.78. The molecule has 1 heterocycles. The van der Waals surface area contributed by atoms with Crippen LogP contribution < -0.4 is 4.74 Å². The minimum absolute atomic E-state index is 0.181. The standard InChI is InChI=1S/C24H30FNO5S/c1-17(2)15-31-24(27)26-12-10-18(11-13-26)16-30-23-9-6-20(14-22(23)25)19-4-7-21(8-5-19)32(3,28)29/h4-9,14,17-18H,10-13,15-16H2,1-3H3. The highest BCUT2D eigenvalue weighted by molar-refractivity contribution is 7.90. The second kappa shape index (κ2) is 10.3. The molecule has 0 bridgehead atoms. The van der Waals surface area contributed by atoms with Gasteiger partial charge in [0, 0.05) is 19.3 Å². The Kier molecular flexibility index (Phi) is 7.77. The lowest BCUT2D eigenvalue weighted by atomic mass is 9.98. The number of carbonyl (C=O) groups is 1. The molecule has 174 valence electrons. The van der Waals surface area contributed by atoms with Gasteiger partial charge in [-0.2, -0.15) is 0 Å². The van der Waals surface area contributed by atoms with Gasteiger partial charge in [0.25, 0.3) is 0 Å². The molecule has 1 saturated heterocycles. The molecule has 8 heteroatoms. The van der Waals surface area contributed by atoms with E-state index in [1.807, 2.05) is 13.8 Å². The van der Waals surface area contributed by atoms with E-state index in [-0.39, 0.29) is 22.7 Å². The Morgan fingerprint density at radius 1 is 1.09 bits per heavy atom. The number of ether oxygens (including phenoxy) is 2. The number of sulfone groups is 1.